The molecule has 6 heteroatoms. The largest absolute Gasteiger partial charge is 0.505 e. The highest BCUT2D eigenvalue weighted by atomic mass is 32.1. The Bertz CT molecular complexity index is 676. The van der Waals surface area contributed by atoms with E-state index in [-0.39, 0.29) is 17.3 Å². The Morgan fingerprint density at radius 1 is 1.28 bits per heavy atom. The van der Waals surface area contributed by atoms with Crippen LogP contribution in [0.5, 0.6) is 5.75 Å². The van der Waals surface area contributed by atoms with Gasteiger partial charge in [-0.3, -0.25) is 0 Å². The molecule has 0 saturated heterocycles. The Balaban J connectivity index is 2.06. The van der Waals surface area contributed by atoms with Gasteiger partial charge in [0.05, 0.1) is 11.3 Å². The fourth-order valence-corrected chi connectivity index (χ4v) is 2.21. The quantitative estimate of drug-likeness (QED) is 0.546. The molecular formula is C12H9N3O2S. The van der Waals surface area contributed by atoms with E-state index in [1.165, 1.54) is 0 Å². The number of hydrogen-bond acceptors (Lipinski definition) is 6. The summed E-state index contributed by atoms with van der Waals surface area (Å²) < 4.78 is 5.14. The predicted molar refractivity (Wildman–Crippen MR) is 69.1 cm³/mol. The lowest BCUT2D eigenvalue weighted by Crippen LogP contribution is -1.87. The number of aromatic nitrogens is 2. The van der Waals surface area contributed by atoms with Crippen LogP contribution >= 0.6 is 11.3 Å². The fourth-order valence-electron chi connectivity index (χ4n) is 1.58. The average molecular weight is 259 g/mol. The van der Waals surface area contributed by atoms with Gasteiger partial charge in [0.25, 0.3) is 5.89 Å². The summed E-state index contributed by atoms with van der Waals surface area (Å²) in [5.41, 5.74) is 7.22. The van der Waals surface area contributed by atoms with E-state index in [1.54, 1.807) is 29.5 Å². The van der Waals surface area contributed by atoms with Gasteiger partial charge in [-0.1, -0.05) is 11.2 Å². The van der Waals surface area contributed by atoms with Crippen molar-refractivity contribution in [1.82, 2.24) is 10.1 Å². The first kappa shape index (κ1) is 10.8. The lowest BCUT2D eigenvalue weighted by molar-refractivity contribution is 0.426. The molecule has 5 nitrogen and oxygen atoms in total. The summed E-state index contributed by atoms with van der Waals surface area (Å²) in [6, 6.07) is 6.91. The van der Waals surface area contributed by atoms with Crippen LogP contribution in [0.4, 0.5) is 5.69 Å². The SMILES string of the molecule is Nc1cccc(-c2nc(-c3ccsc3)no2)c1O. The average Bonchev–Trinajstić information content (AvgIpc) is 3.01. The van der Waals surface area contributed by atoms with Gasteiger partial charge in [-0.2, -0.15) is 16.3 Å². The van der Waals surface area contributed by atoms with Gasteiger partial charge in [0.2, 0.25) is 5.82 Å². The van der Waals surface area contributed by atoms with E-state index in [9.17, 15) is 5.11 Å². The number of aromatic hydroxyl groups is 1. The first-order valence-electron chi connectivity index (χ1n) is 5.20. The molecule has 0 atom stereocenters. The third kappa shape index (κ3) is 1.72. The van der Waals surface area contributed by atoms with Crippen LogP contribution in [0.15, 0.2) is 39.5 Å². The number of benzene rings is 1. The Labute approximate surface area is 107 Å². The molecule has 0 unspecified atom stereocenters. The summed E-state index contributed by atoms with van der Waals surface area (Å²) >= 11 is 1.55. The van der Waals surface area contributed by atoms with Crippen LogP contribution < -0.4 is 5.73 Å². The molecule has 0 aliphatic carbocycles. The van der Waals surface area contributed by atoms with Gasteiger partial charge in [0.15, 0.2) is 5.75 Å². The number of phenols is 1. The van der Waals surface area contributed by atoms with Crippen LogP contribution in [0.25, 0.3) is 22.8 Å². The molecule has 0 aliphatic heterocycles. The normalized spacial score (nSPS) is 10.7. The van der Waals surface area contributed by atoms with Gasteiger partial charge in [-0.05, 0) is 23.6 Å². The van der Waals surface area contributed by atoms with Gasteiger partial charge in [-0.15, -0.1) is 0 Å². The molecule has 90 valence electrons. The second-order valence-electron chi connectivity index (χ2n) is 3.68. The number of thiophene rings is 1. The minimum atomic E-state index is -0.0435. The Kier molecular flexibility index (Phi) is 2.49. The zero-order valence-corrected chi connectivity index (χ0v) is 10.0. The smallest absolute Gasteiger partial charge is 0.262 e. The van der Waals surface area contributed by atoms with Gasteiger partial charge in [-0.25, -0.2) is 0 Å². The van der Waals surface area contributed by atoms with Crippen LogP contribution in [0, 0.1) is 0 Å². The number of phenolic OH excluding ortho intramolecular Hbond substituents is 1. The highest BCUT2D eigenvalue weighted by molar-refractivity contribution is 7.08. The summed E-state index contributed by atoms with van der Waals surface area (Å²) in [4.78, 5) is 4.24. The molecule has 0 amide bonds. The van der Waals surface area contributed by atoms with E-state index < -0.39 is 0 Å². The third-order valence-electron chi connectivity index (χ3n) is 2.50. The number of nitrogens with zero attached hydrogens (tertiary/aromatic N) is 2. The monoisotopic (exact) mass is 259 g/mol. The van der Waals surface area contributed by atoms with Gasteiger partial charge in [0, 0.05) is 10.9 Å². The van der Waals surface area contributed by atoms with E-state index in [4.69, 9.17) is 10.3 Å². The third-order valence-corrected chi connectivity index (χ3v) is 3.19. The topological polar surface area (TPSA) is 85.2 Å². The highest BCUT2D eigenvalue weighted by Gasteiger charge is 2.15. The summed E-state index contributed by atoms with van der Waals surface area (Å²) in [6.45, 7) is 0. The molecule has 2 heterocycles. The van der Waals surface area contributed by atoms with Crippen molar-refractivity contribution in [3.05, 3.63) is 35.0 Å². The van der Waals surface area contributed by atoms with Crippen molar-refractivity contribution in [3.8, 4) is 28.6 Å². The van der Waals surface area contributed by atoms with E-state index in [0.717, 1.165) is 5.56 Å². The number of anilines is 1. The fraction of sp³-hybridized carbons (Fsp3) is 0. The van der Waals surface area contributed by atoms with Crippen molar-refractivity contribution >= 4 is 17.0 Å². The van der Waals surface area contributed by atoms with Gasteiger partial charge in [0.1, 0.15) is 0 Å². The lowest BCUT2D eigenvalue weighted by Gasteiger charge is -2.01. The number of rotatable bonds is 2. The molecule has 0 spiro atoms. The molecular weight excluding hydrogens is 250 g/mol. The first-order chi connectivity index (χ1) is 8.75. The van der Waals surface area contributed by atoms with Crippen LogP contribution in [0.2, 0.25) is 0 Å². The highest BCUT2D eigenvalue weighted by Crippen LogP contribution is 2.33. The van der Waals surface area contributed by atoms with Crippen LogP contribution in [-0.4, -0.2) is 15.2 Å². The lowest BCUT2D eigenvalue weighted by atomic mass is 10.1. The van der Waals surface area contributed by atoms with Gasteiger partial charge >= 0.3 is 0 Å². The summed E-state index contributed by atoms with van der Waals surface area (Å²) in [6.07, 6.45) is 0. The van der Waals surface area contributed by atoms with Crippen molar-refractivity contribution in [2.24, 2.45) is 0 Å². The second kappa shape index (κ2) is 4.15. The van der Waals surface area contributed by atoms with E-state index in [2.05, 4.69) is 10.1 Å². The maximum absolute atomic E-state index is 9.84. The second-order valence-corrected chi connectivity index (χ2v) is 4.46. The van der Waals surface area contributed by atoms with Crippen molar-refractivity contribution in [1.29, 1.82) is 0 Å². The molecule has 3 rings (SSSR count). The Morgan fingerprint density at radius 2 is 2.17 bits per heavy atom. The molecule has 3 aromatic rings. The van der Waals surface area contributed by atoms with Crippen molar-refractivity contribution in [2.75, 3.05) is 5.73 Å². The molecule has 0 aliphatic rings. The van der Waals surface area contributed by atoms with Crippen molar-refractivity contribution in [2.45, 2.75) is 0 Å². The number of para-hydroxylation sites is 1. The van der Waals surface area contributed by atoms with E-state index >= 15 is 0 Å². The zero-order chi connectivity index (χ0) is 12.5. The van der Waals surface area contributed by atoms with Crippen LogP contribution in [0.3, 0.4) is 0 Å². The van der Waals surface area contributed by atoms with Crippen molar-refractivity contribution in [3.63, 3.8) is 0 Å². The van der Waals surface area contributed by atoms with E-state index in [0.29, 0.717) is 11.4 Å². The maximum Gasteiger partial charge on any atom is 0.262 e. The molecule has 0 radical (unpaired) electrons. The minimum Gasteiger partial charge on any atom is -0.505 e. The minimum absolute atomic E-state index is 0.0435. The predicted octanol–water partition coefficient (Wildman–Crippen LogP) is 2.75. The molecule has 0 saturated carbocycles. The van der Waals surface area contributed by atoms with Crippen LogP contribution in [-0.2, 0) is 0 Å². The number of nitrogens with two attached hydrogens (primary N) is 1. The maximum atomic E-state index is 9.84. The number of nitrogen functional groups attached to an aromatic ring is 1. The Hall–Kier alpha value is -2.34. The Morgan fingerprint density at radius 3 is 2.94 bits per heavy atom. The molecule has 2 aromatic heterocycles. The molecule has 1 aromatic carbocycles. The summed E-state index contributed by atoms with van der Waals surface area (Å²) in [7, 11) is 0. The zero-order valence-electron chi connectivity index (χ0n) is 9.20. The summed E-state index contributed by atoms with van der Waals surface area (Å²) in [5.74, 6) is 0.701. The van der Waals surface area contributed by atoms with Gasteiger partial charge < -0.3 is 15.4 Å². The van der Waals surface area contributed by atoms with Crippen LogP contribution in [0.1, 0.15) is 0 Å². The van der Waals surface area contributed by atoms with Crippen molar-refractivity contribution < 1.29 is 9.63 Å². The molecule has 18 heavy (non-hydrogen) atoms. The van der Waals surface area contributed by atoms with E-state index in [1.807, 2.05) is 16.8 Å². The molecule has 0 fully saturated rings. The molecule has 3 N–H and O–H groups in total. The first-order valence-corrected chi connectivity index (χ1v) is 6.14. The summed E-state index contributed by atoms with van der Waals surface area (Å²) in [5, 5.41) is 17.6. The molecule has 0 bridgehead atoms. The standard InChI is InChI=1S/C12H9N3O2S/c13-9-3-1-2-8(10(9)16)12-14-11(15-17-12)7-4-5-18-6-7/h1-6,16H,13H2. The number of hydrogen-bond donors (Lipinski definition) is 2.